The van der Waals surface area contributed by atoms with E-state index in [0.717, 1.165) is 0 Å². The van der Waals surface area contributed by atoms with Crippen LogP contribution in [0.5, 0.6) is 0 Å². The van der Waals surface area contributed by atoms with Crippen molar-refractivity contribution in [3.63, 3.8) is 0 Å². The number of aliphatic hydroxyl groups is 2. The maximum absolute atomic E-state index is 10.2. The number of carboxylic acids is 2. The molecule has 0 amide bonds. The lowest BCUT2D eigenvalue weighted by atomic mass is 10.1. The fourth-order valence-electron chi connectivity index (χ4n) is 1.54. The molecule has 3 rings (SSSR count). The zero-order valence-electron chi connectivity index (χ0n) is 17.0. The van der Waals surface area contributed by atoms with E-state index >= 15 is 0 Å². The molecule has 7 heteroatoms. The summed E-state index contributed by atoms with van der Waals surface area (Å²) in [5.41, 5.74) is 0.662. The molecule has 2 unspecified atom stereocenters. The molecule has 0 aliphatic heterocycles. The number of furan rings is 1. The largest absolute Gasteiger partial charge is 0.478 e. The Labute approximate surface area is 175 Å². The number of hydrogen-bond acceptors (Lipinski definition) is 5. The zero-order valence-corrected chi connectivity index (χ0v) is 17.0. The molecular formula is C23H28O7. The van der Waals surface area contributed by atoms with Gasteiger partial charge in [-0.15, -0.1) is 0 Å². The van der Waals surface area contributed by atoms with Crippen molar-refractivity contribution in [3.05, 3.63) is 96.4 Å². The zero-order chi connectivity index (χ0) is 22.8. The van der Waals surface area contributed by atoms with E-state index in [0.29, 0.717) is 11.1 Å². The van der Waals surface area contributed by atoms with Gasteiger partial charge in [0, 0.05) is 12.5 Å². The molecular weight excluding hydrogens is 388 g/mol. The molecule has 0 saturated heterocycles. The van der Waals surface area contributed by atoms with Crippen LogP contribution in [0.15, 0.2) is 89.7 Å². The molecule has 30 heavy (non-hydrogen) atoms. The standard InChI is InChI=1S/2C7H6O2.C5H12O2.C4H4O/c2*8-7(9)6-4-2-1-3-5-6;1-4(3-6)5(2)7;1-2-4-5-3-1/h2*1-5H,(H,8,9);4-7H,3H2,1-2H3;1-4H. The smallest absolute Gasteiger partial charge is 0.335 e. The molecule has 2 atom stereocenters. The number of rotatable bonds is 4. The van der Waals surface area contributed by atoms with Gasteiger partial charge < -0.3 is 24.8 Å². The molecule has 0 radical (unpaired) electrons. The maximum atomic E-state index is 10.2. The lowest BCUT2D eigenvalue weighted by Crippen LogP contribution is -2.16. The van der Waals surface area contributed by atoms with Gasteiger partial charge in [0.25, 0.3) is 0 Å². The summed E-state index contributed by atoms with van der Waals surface area (Å²) in [5, 5.41) is 33.8. The van der Waals surface area contributed by atoms with Crippen LogP contribution in [0.25, 0.3) is 0 Å². The Balaban J connectivity index is 0.000000382. The average Bonchev–Trinajstić information content (AvgIpc) is 3.35. The number of aromatic carboxylic acids is 2. The van der Waals surface area contributed by atoms with Gasteiger partial charge >= 0.3 is 11.9 Å². The van der Waals surface area contributed by atoms with Crippen molar-refractivity contribution in [2.24, 2.45) is 5.92 Å². The molecule has 2 aromatic carbocycles. The van der Waals surface area contributed by atoms with Crippen LogP contribution in [0.4, 0.5) is 0 Å². The van der Waals surface area contributed by atoms with E-state index < -0.39 is 11.9 Å². The highest BCUT2D eigenvalue weighted by molar-refractivity contribution is 5.87. The van der Waals surface area contributed by atoms with Crippen molar-refractivity contribution in [1.29, 1.82) is 0 Å². The van der Waals surface area contributed by atoms with Gasteiger partial charge in [0.2, 0.25) is 0 Å². The van der Waals surface area contributed by atoms with Gasteiger partial charge in [-0.25, -0.2) is 9.59 Å². The van der Waals surface area contributed by atoms with Crippen LogP contribution in [-0.2, 0) is 0 Å². The van der Waals surface area contributed by atoms with Crippen molar-refractivity contribution >= 4 is 11.9 Å². The van der Waals surface area contributed by atoms with Crippen molar-refractivity contribution in [3.8, 4) is 0 Å². The van der Waals surface area contributed by atoms with Gasteiger partial charge in [0.15, 0.2) is 0 Å². The van der Waals surface area contributed by atoms with Crippen molar-refractivity contribution in [2.75, 3.05) is 6.61 Å². The molecule has 0 bridgehead atoms. The van der Waals surface area contributed by atoms with Crippen LogP contribution < -0.4 is 0 Å². The molecule has 1 aromatic heterocycles. The SMILES string of the molecule is CC(O)C(C)CO.O=C(O)c1ccccc1.O=C(O)c1ccccc1.c1ccoc1. The van der Waals surface area contributed by atoms with E-state index in [-0.39, 0.29) is 18.6 Å². The Kier molecular flexibility index (Phi) is 14.6. The fourth-order valence-corrected chi connectivity index (χ4v) is 1.54. The summed E-state index contributed by atoms with van der Waals surface area (Å²) in [5.74, 6) is -1.74. The summed E-state index contributed by atoms with van der Waals surface area (Å²) in [6, 6.07) is 20.3. The van der Waals surface area contributed by atoms with Crippen LogP contribution >= 0.6 is 0 Å². The Hall–Kier alpha value is -3.42. The molecule has 0 aliphatic rings. The first kappa shape index (κ1) is 26.6. The van der Waals surface area contributed by atoms with Gasteiger partial charge in [-0.1, -0.05) is 43.3 Å². The molecule has 162 valence electrons. The molecule has 0 aliphatic carbocycles. The van der Waals surface area contributed by atoms with Gasteiger partial charge in [0.05, 0.1) is 29.8 Å². The highest BCUT2D eigenvalue weighted by atomic mass is 16.4. The molecule has 1 heterocycles. The number of benzene rings is 2. The van der Waals surface area contributed by atoms with Crippen LogP contribution in [0.1, 0.15) is 34.6 Å². The third-order valence-corrected chi connectivity index (χ3v) is 3.58. The van der Waals surface area contributed by atoms with E-state index in [1.54, 1.807) is 87.0 Å². The van der Waals surface area contributed by atoms with E-state index in [1.807, 2.05) is 12.1 Å². The quantitative estimate of drug-likeness (QED) is 0.505. The molecule has 7 nitrogen and oxygen atoms in total. The summed E-state index contributed by atoms with van der Waals surface area (Å²) >= 11 is 0. The van der Waals surface area contributed by atoms with Crippen molar-refractivity contribution < 1.29 is 34.4 Å². The summed E-state index contributed by atoms with van der Waals surface area (Å²) in [6.07, 6.45) is 2.87. The predicted molar refractivity (Wildman–Crippen MR) is 113 cm³/mol. The molecule has 4 N–H and O–H groups in total. The van der Waals surface area contributed by atoms with E-state index in [9.17, 15) is 9.59 Å². The van der Waals surface area contributed by atoms with E-state index in [1.165, 1.54) is 0 Å². The van der Waals surface area contributed by atoms with Crippen LogP contribution in [-0.4, -0.2) is 45.1 Å². The Morgan fingerprint density at radius 2 is 1.13 bits per heavy atom. The Morgan fingerprint density at radius 3 is 1.27 bits per heavy atom. The number of carboxylic acid groups (broad SMARTS) is 2. The molecule has 0 fully saturated rings. The van der Waals surface area contributed by atoms with Crippen LogP contribution in [0, 0.1) is 5.92 Å². The molecule has 3 aromatic rings. The fraction of sp³-hybridized carbons (Fsp3) is 0.217. The summed E-state index contributed by atoms with van der Waals surface area (Å²) in [4.78, 5) is 20.4. The van der Waals surface area contributed by atoms with Gasteiger partial charge in [-0.3, -0.25) is 0 Å². The topological polar surface area (TPSA) is 128 Å². The highest BCUT2D eigenvalue weighted by Crippen LogP contribution is 1.98. The van der Waals surface area contributed by atoms with E-state index in [2.05, 4.69) is 4.42 Å². The summed E-state index contributed by atoms with van der Waals surface area (Å²) in [7, 11) is 0. The molecule has 0 saturated carbocycles. The average molecular weight is 416 g/mol. The molecule has 0 spiro atoms. The number of hydrogen-bond donors (Lipinski definition) is 4. The Bertz CT molecular complexity index is 718. The van der Waals surface area contributed by atoms with Gasteiger partial charge in [0.1, 0.15) is 0 Å². The van der Waals surface area contributed by atoms with Crippen molar-refractivity contribution in [2.45, 2.75) is 20.0 Å². The first-order valence-corrected chi connectivity index (χ1v) is 9.12. The van der Waals surface area contributed by atoms with Gasteiger partial charge in [-0.2, -0.15) is 0 Å². The lowest BCUT2D eigenvalue weighted by Gasteiger charge is -2.08. The maximum Gasteiger partial charge on any atom is 0.335 e. The minimum atomic E-state index is -0.879. The first-order valence-electron chi connectivity index (χ1n) is 9.12. The minimum absolute atomic E-state index is 0.0139. The minimum Gasteiger partial charge on any atom is -0.478 e. The third kappa shape index (κ3) is 13.7. The summed E-state index contributed by atoms with van der Waals surface area (Å²) in [6.45, 7) is 3.53. The monoisotopic (exact) mass is 416 g/mol. The normalized spacial score (nSPS) is 11.1. The second-order valence-corrected chi connectivity index (χ2v) is 6.04. The second kappa shape index (κ2) is 16.5. The number of carbonyl (C=O) groups is 2. The first-order chi connectivity index (χ1) is 14.3. The van der Waals surface area contributed by atoms with E-state index in [4.69, 9.17) is 20.4 Å². The van der Waals surface area contributed by atoms with Crippen LogP contribution in [0.2, 0.25) is 0 Å². The number of aliphatic hydroxyl groups excluding tert-OH is 2. The lowest BCUT2D eigenvalue weighted by molar-refractivity contribution is 0.0686. The van der Waals surface area contributed by atoms with Crippen LogP contribution in [0.3, 0.4) is 0 Å². The predicted octanol–water partition coefficient (Wildman–Crippen LogP) is 4.04. The van der Waals surface area contributed by atoms with Crippen molar-refractivity contribution in [1.82, 2.24) is 0 Å². The Morgan fingerprint density at radius 1 is 0.767 bits per heavy atom. The summed E-state index contributed by atoms with van der Waals surface area (Å²) < 4.78 is 4.58. The third-order valence-electron chi connectivity index (χ3n) is 3.58. The highest BCUT2D eigenvalue weighted by Gasteiger charge is 2.04. The van der Waals surface area contributed by atoms with Gasteiger partial charge in [-0.05, 0) is 43.3 Å². The second-order valence-electron chi connectivity index (χ2n) is 6.04.